The number of ether oxygens (including phenoxy) is 2. The van der Waals surface area contributed by atoms with Crippen LogP contribution < -0.4 is 25.6 Å². The molecule has 1 aliphatic carbocycles. The van der Waals surface area contributed by atoms with Gasteiger partial charge in [0.2, 0.25) is 0 Å². The molecule has 208 valence electrons. The summed E-state index contributed by atoms with van der Waals surface area (Å²) in [6.07, 6.45) is 3.37. The summed E-state index contributed by atoms with van der Waals surface area (Å²) >= 11 is 6.14. The van der Waals surface area contributed by atoms with Crippen LogP contribution in [-0.4, -0.2) is 81.6 Å². The first kappa shape index (κ1) is 29.5. The van der Waals surface area contributed by atoms with Gasteiger partial charge >= 0.3 is 11.9 Å². The Bertz CT molecular complexity index is 896. The maximum Gasteiger partial charge on any atom is 0.325 e. The van der Waals surface area contributed by atoms with Crippen LogP contribution in [-0.2, 0) is 14.3 Å². The van der Waals surface area contributed by atoms with Crippen LogP contribution in [0.4, 0.5) is 5.69 Å². The second-order valence-corrected chi connectivity index (χ2v) is 11.0. The second kappa shape index (κ2) is 14.2. The molecular weight excluding hydrogens is 496 g/mol. The summed E-state index contributed by atoms with van der Waals surface area (Å²) in [6, 6.07) is 5.02. The Morgan fingerprint density at radius 3 is 2.51 bits per heavy atom. The molecule has 0 bridgehead atoms. The first-order valence-electron chi connectivity index (χ1n) is 13.4. The molecule has 10 heteroatoms. The summed E-state index contributed by atoms with van der Waals surface area (Å²) in [5.74, 6) is 1.35. The van der Waals surface area contributed by atoms with E-state index >= 15 is 0 Å². The average molecular weight is 539 g/mol. The van der Waals surface area contributed by atoms with Crippen LogP contribution in [0.2, 0.25) is 5.02 Å². The number of esters is 1. The molecule has 3 aliphatic rings. The molecular formula is C27H43ClN4O5. The maximum atomic E-state index is 12.9. The fourth-order valence-corrected chi connectivity index (χ4v) is 5.49. The van der Waals surface area contributed by atoms with Crippen molar-refractivity contribution in [2.24, 2.45) is 17.8 Å². The number of carboxylic acid groups (broad SMARTS) is 1. The Balaban J connectivity index is 0.000000356. The third kappa shape index (κ3) is 8.46. The molecule has 0 amide bonds. The molecule has 4 rings (SSSR count). The quantitative estimate of drug-likeness (QED) is 0.406. The van der Waals surface area contributed by atoms with E-state index in [0.29, 0.717) is 41.6 Å². The van der Waals surface area contributed by atoms with E-state index in [9.17, 15) is 9.59 Å². The van der Waals surface area contributed by atoms with Crippen molar-refractivity contribution >= 4 is 29.2 Å². The lowest BCUT2D eigenvalue weighted by molar-refractivity contribution is -0.158. The predicted octanol–water partition coefficient (Wildman–Crippen LogP) is 2.76. The summed E-state index contributed by atoms with van der Waals surface area (Å²) in [4.78, 5) is 25.4. The van der Waals surface area contributed by atoms with Crippen LogP contribution in [0, 0.1) is 17.8 Å². The van der Waals surface area contributed by atoms with Gasteiger partial charge in [-0.05, 0) is 42.7 Å². The minimum atomic E-state index is -0.776. The molecule has 1 aromatic rings. The third-order valence-electron chi connectivity index (χ3n) is 7.53. The number of carboxylic acids is 1. The van der Waals surface area contributed by atoms with E-state index in [1.54, 1.807) is 7.11 Å². The van der Waals surface area contributed by atoms with Crippen molar-refractivity contribution in [2.75, 3.05) is 51.3 Å². The molecule has 2 aliphatic heterocycles. The molecule has 9 nitrogen and oxygen atoms in total. The van der Waals surface area contributed by atoms with Gasteiger partial charge in [-0.2, -0.15) is 0 Å². The summed E-state index contributed by atoms with van der Waals surface area (Å²) < 4.78 is 11.4. The molecule has 2 heterocycles. The standard InChI is InChI=1S/C22H33ClN2O3.C5H10N2O2/c1-14(2)17-7-5-15(3)11-20(17)28-22(26)19-13-25(10-9-24-19)16-6-8-18(23)21(12-16)27-4;8-5(9)4-3-6-1-2-7-4/h6,8,12,14-15,17,19-20,24H,5,7,9-11,13H2,1-4H3;4,6-7H,1-3H2,(H,8,9)/t15-,17-,19?,20?;/m1./s1. The zero-order valence-electron chi connectivity index (χ0n) is 22.5. The lowest BCUT2D eigenvalue weighted by Gasteiger charge is -2.39. The highest BCUT2D eigenvalue weighted by Crippen LogP contribution is 2.36. The zero-order valence-corrected chi connectivity index (χ0v) is 23.2. The van der Waals surface area contributed by atoms with Crippen molar-refractivity contribution in [3.05, 3.63) is 23.2 Å². The number of halogens is 1. The van der Waals surface area contributed by atoms with Gasteiger partial charge in [-0.1, -0.05) is 38.8 Å². The molecule has 3 fully saturated rings. The number of methoxy groups -OCH3 is 1. The number of benzene rings is 1. The van der Waals surface area contributed by atoms with Gasteiger partial charge in [0.25, 0.3) is 0 Å². The molecule has 3 unspecified atom stereocenters. The highest BCUT2D eigenvalue weighted by molar-refractivity contribution is 6.32. The summed E-state index contributed by atoms with van der Waals surface area (Å²) in [5, 5.41) is 18.2. The van der Waals surface area contributed by atoms with E-state index in [1.807, 2.05) is 18.2 Å². The minimum Gasteiger partial charge on any atom is -0.495 e. The number of piperazine rings is 2. The van der Waals surface area contributed by atoms with E-state index in [1.165, 1.54) is 6.42 Å². The number of carbonyl (C=O) groups excluding carboxylic acids is 1. The molecule has 37 heavy (non-hydrogen) atoms. The van der Waals surface area contributed by atoms with E-state index in [-0.39, 0.29) is 18.1 Å². The van der Waals surface area contributed by atoms with Gasteiger partial charge in [-0.3, -0.25) is 9.59 Å². The lowest BCUT2D eigenvalue weighted by Crippen LogP contribution is -2.55. The predicted molar refractivity (Wildman–Crippen MR) is 146 cm³/mol. The molecule has 1 aromatic carbocycles. The highest BCUT2D eigenvalue weighted by atomic mass is 35.5. The third-order valence-corrected chi connectivity index (χ3v) is 7.84. The van der Waals surface area contributed by atoms with Gasteiger partial charge in [0.15, 0.2) is 0 Å². The number of nitrogens with one attached hydrogen (secondary N) is 3. The van der Waals surface area contributed by atoms with Crippen LogP contribution in [0.5, 0.6) is 5.75 Å². The van der Waals surface area contributed by atoms with E-state index in [2.05, 4.69) is 41.6 Å². The highest BCUT2D eigenvalue weighted by Gasteiger charge is 2.36. The Hall–Kier alpha value is -2.07. The smallest absolute Gasteiger partial charge is 0.325 e. The van der Waals surface area contributed by atoms with Crippen LogP contribution >= 0.6 is 11.6 Å². The largest absolute Gasteiger partial charge is 0.495 e. The first-order valence-corrected chi connectivity index (χ1v) is 13.8. The molecule has 5 atom stereocenters. The number of aliphatic carboxylic acids is 1. The van der Waals surface area contributed by atoms with E-state index in [4.69, 9.17) is 26.2 Å². The Kier molecular flexibility index (Phi) is 11.3. The fourth-order valence-electron chi connectivity index (χ4n) is 5.30. The molecule has 4 N–H and O–H groups in total. The number of anilines is 1. The van der Waals surface area contributed by atoms with Gasteiger partial charge in [-0.15, -0.1) is 0 Å². The van der Waals surface area contributed by atoms with Crippen molar-refractivity contribution in [1.29, 1.82) is 0 Å². The summed E-state index contributed by atoms with van der Waals surface area (Å²) in [6.45, 7) is 11.0. The van der Waals surface area contributed by atoms with E-state index in [0.717, 1.165) is 44.7 Å². The first-order chi connectivity index (χ1) is 17.7. The van der Waals surface area contributed by atoms with Crippen molar-refractivity contribution < 1.29 is 24.2 Å². The minimum absolute atomic E-state index is 0.0315. The van der Waals surface area contributed by atoms with Crippen molar-refractivity contribution in [3.8, 4) is 5.75 Å². The normalized spacial score (nSPS) is 28.2. The Labute approximate surface area is 225 Å². The number of carbonyl (C=O) groups is 2. The Morgan fingerprint density at radius 1 is 1.14 bits per heavy atom. The van der Waals surface area contributed by atoms with Crippen LogP contribution in [0.3, 0.4) is 0 Å². The topological polar surface area (TPSA) is 112 Å². The van der Waals surface area contributed by atoms with Gasteiger partial charge in [0.05, 0.1) is 12.1 Å². The number of rotatable bonds is 6. The number of hydrogen-bond donors (Lipinski definition) is 4. The van der Waals surface area contributed by atoms with Crippen LogP contribution in [0.15, 0.2) is 18.2 Å². The van der Waals surface area contributed by atoms with Crippen molar-refractivity contribution in [3.63, 3.8) is 0 Å². The number of hydrogen-bond acceptors (Lipinski definition) is 8. The molecule has 1 saturated carbocycles. The van der Waals surface area contributed by atoms with Gasteiger partial charge in [0.1, 0.15) is 23.9 Å². The molecule has 0 aromatic heterocycles. The SMILES string of the molecule is COc1cc(N2CCNC(C(=O)OC3C[C@H](C)CC[C@@H]3C(C)C)C2)ccc1Cl.O=C(O)C1CNCCN1. The lowest BCUT2D eigenvalue weighted by atomic mass is 9.75. The van der Waals surface area contributed by atoms with E-state index < -0.39 is 12.0 Å². The van der Waals surface area contributed by atoms with Crippen molar-refractivity contribution in [2.45, 2.75) is 58.2 Å². The Morgan fingerprint density at radius 2 is 1.89 bits per heavy atom. The maximum absolute atomic E-state index is 12.9. The summed E-state index contributed by atoms with van der Waals surface area (Å²) in [5.41, 5.74) is 1.01. The average Bonchev–Trinajstić information content (AvgIpc) is 2.89. The van der Waals surface area contributed by atoms with Crippen LogP contribution in [0.25, 0.3) is 0 Å². The summed E-state index contributed by atoms with van der Waals surface area (Å²) in [7, 11) is 1.61. The number of nitrogens with zero attached hydrogens (tertiary/aromatic N) is 1. The van der Waals surface area contributed by atoms with Crippen LogP contribution in [0.1, 0.15) is 40.0 Å². The van der Waals surface area contributed by atoms with Gasteiger partial charge in [0, 0.05) is 51.0 Å². The van der Waals surface area contributed by atoms with Crippen molar-refractivity contribution in [1.82, 2.24) is 16.0 Å². The van der Waals surface area contributed by atoms with Gasteiger partial charge < -0.3 is 35.4 Å². The molecule has 0 spiro atoms. The molecule has 2 saturated heterocycles. The molecule has 0 radical (unpaired) electrons. The second-order valence-electron chi connectivity index (χ2n) is 10.6. The zero-order chi connectivity index (χ0) is 26.9. The van der Waals surface area contributed by atoms with Gasteiger partial charge in [-0.25, -0.2) is 0 Å². The monoisotopic (exact) mass is 538 g/mol. The fraction of sp³-hybridized carbons (Fsp3) is 0.704.